The molecule has 0 bridgehead atoms. The zero-order valence-electron chi connectivity index (χ0n) is 23.7. The molecule has 1 aliphatic rings. The highest BCUT2D eigenvalue weighted by atomic mass is 32.2. The van der Waals surface area contributed by atoms with Crippen LogP contribution in [0.25, 0.3) is 28.0 Å². The van der Waals surface area contributed by atoms with Crippen molar-refractivity contribution in [3.63, 3.8) is 0 Å². The Kier molecular flexibility index (Phi) is 7.87. The van der Waals surface area contributed by atoms with Crippen LogP contribution < -0.4 is 16.3 Å². The number of nitriles is 1. The number of anilines is 2. The van der Waals surface area contributed by atoms with Crippen molar-refractivity contribution in [2.24, 2.45) is 0 Å². The molecular formula is C29H26F2N8O4S. The van der Waals surface area contributed by atoms with Gasteiger partial charge < -0.3 is 15.5 Å². The molecule has 1 aromatic carbocycles. The van der Waals surface area contributed by atoms with E-state index in [0.29, 0.717) is 0 Å². The number of halogens is 2. The lowest BCUT2D eigenvalue weighted by molar-refractivity contribution is -0.128. The predicted molar refractivity (Wildman–Crippen MR) is 159 cm³/mol. The molecule has 1 unspecified atom stereocenters. The topological polar surface area (TPSA) is 168 Å². The van der Waals surface area contributed by atoms with Crippen LogP contribution in [0, 0.1) is 29.9 Å². The van der Waals surface area contributed by atoms with Crippen LogP contribution in [-0.2, 0) is 14.6 Å². The summed E-state index contributed by atoms with van der Waals surface area (Å²) in [5.41, 5.74) is 3.80. The first kappa shape index (κ1) is 30.2. The maximum Gasteiger partial charge on any atom is 0.355 e. The van der Waals surface area contributed by atoms with Crippen LogP contribution in [0.1, 0.15) is 12.1 Å². The molecule has 15 heteroatoms. The van der Waals surface area contributed by atoms with Crippen LogP contribution in [-0.4, -0.2) is 70.7 Å². The number of carbonyl (C=O) groups is 1. The average molecular weight is 621 g/mol. The van der Waals surface area contributed by atoms with E-state index in [4.69, 9.17) is 5.73 Å². The van der Waals surface area contributed by atoms with Crippen LogP contribution in [0.5, 0.6) is 0 Å². The SMILES string of the molecule is C=CC(=O)N1CCN(c2nc(=O)n(-c3c(S(C)(=O)=O)ccnc3C)c3nc(-c4c(N)cccc4F)c(F)cc23)CC1CC#N. The monoisotopic (exact) mass is 620 g/mol. The molecule has 12 nitrogen and oxygen atoms in total. The second-order valence-corrected chi connectivity index (χ2v) is 12.1. The number of carbonyl (C=O) groups excluding carboxylic acids is 1. The minimum atomic E-state index is -3.93. The summed E-state index contributed by atoms with van der Waals surface area (Å²) in [6.45, 7) is 5.34. The number of nitrogens with two attached hydrogens (primary N) is 1. The molecular weight excluding hydrogens is 594 g/mol. The van der Waals surface area contributed by atoms with Gasteiger partial charge in [-0.05, 0) is 37.3 Å². The molecule has 2 N–H and O–H groups in total. The third-order valence-electron chi connectivity index (χ3n) is 7.34. The minimum absolute atomic E-state index is 0.0114. The van der Waals surface area contributed by atoms with Gasteiger partial charge in [0.25, 0.3) is 0 Å². The number of hydrogen-bond donors (Lipinski definition) is 1. The summed E-state index contributed by atoms with van der Waals surface area (Å²) in [6, 6.07) is 7.46. The maximum absolute atomic E-state index is 15.9. The number of amides is 1. The lowest BCUT2D eigenvalue weighted by Crippen LogP contribution is -2.55. The van der Waals surface area contributed by atoms with Crippen molar-refractivity contribution in [1.82, 2.24) is 24.4 Å². The molecule has 44 heavy (non-hydrogen) atoms. The number of piperazine rings is 1. The Morgan fingerprint density at radius 1 is 1.23 bits per heavy atom. The lowest BCUT2D eigenvalue weighted by Gasteiger charge is -2.41. The van der Waals surface area contributed by atoms with E-state index in [-0.39, 0.29) is 76.3 Å². The number of sulfone groups is 1. The summed E-state index contributed by atoms with van der Waals surface area (Å²) in [4.78, 5) is 41.9. The van der Waals surface area contributed by atoms with Crippen molar-refractivity contribution >= 4 is 38.3 Å². The Bertz CT molecular complexity index is 2040. The molecule has 1 atom stereocenters. The molecule has 0 saturated carbocycles. The highest BCUT2D eigenvalue weighted by Crippen LogP contribution is 2.35. The minimum Gasteiger partial charge on any atom is -0.398 e. The van der Waals surface area contributed by atoms with Gasteiger partial charge in [0.15, 0.2) is 21.3 Å². The van der Waals surface area contributed by atoms with Crippen LogP contribution in [0.4, 0.5) is 20.3 Å². The molecule has 5 rings (SSSR count). The summed E-state index contributed by atoms with van der Waals surface area (Å²) in [5, 5.41) is 9.40. The first-order chi connectivity index (χ1) is 20.9. The summed E-state index contributed by atoms with van der Waals surface area (Å²) < 4.78 is 57.4. The molecule has 0 spiro atoms. The summed E-state index contributed by atoms with van der Waals surface area (Å²) in [7, 11) is -3.93. The third kappa shape index (κ3) is 5.24. The zero-order valence-corrected chi connectivity index (χ0v) is 24.5. The van der Waals surface area contributed by atoms with Gasteiger partial charge in [-0.15, -0.1) is 0 Å². The first-order valence-electron chi connectivity index (χ1n) is 13.3. The smallest absolute Gasteiger partial charge is 0.355 e. The summed E-state index contributed by atoms with van der Waals surface area (Å²) >= 11 is 0. The normalized spacial score (nSPS) is 15.3. The van der Waals surface area contributed by atoms with Crippen molar-refractivity contribution in [2.45, 2.75) is 24.3 Å². The molecule has 4 aromatic rings. The number of nitrogens with zero attached hydrogens (tertiary/aromatic N) is 7. The number of benzene rings is 1. The van der Waals surface area contributed by atoms with Gasteiger partial charge in [-0.3, -0.25) is 9.78 Å². The van der Waals surface area contributed by atoms with Crippen molar-refractivity contribution < 1.29 is 22.0 Å². The fraction of sp³-hybridized carbons (Fsp3) is 0.241. The van der Waals surface area contributed by atoms with Gasteiger partial charge in [0.05, 0.1) is 45.8 Å². The molecule has 1 amide bonds. The Morgan fingerprint density at radius 2 is 1.98 bits per heavy atom. The number of aryl methyl sites for hydroxylation is 1. The van der Waals surface area contributed by atoms with E-state index in [9.17, 15) is 27.7 Å². The molecule has 4 heterocycles. The second-order valence-electron chi connectivity index (χ2n) is 10.2. The third-order valence-corrected chi connectivity index (χ3v) is 8.47. The van der Waals surface area contributed by atoms with Crippen molar-refractivity contribution in [3.05, 3.63) is 77.0 Å². The largest absolute Gasteiger partial charge is 0.398 e. The molecule has 1 fully saturated rings. The van der Waals surface area contributed by atoms with Crippen LogP contribution in [0.3, 0.4) is 0 Å². The van der Waals surface area contributed by atoms with Gasteiger partial charge >= 0.3 is 5.69 Å². The molecule has 1 aliphatic heterocycles. The Labute approximate surface area is 250 Å². The van der Waals surface area contributed by atoms with Crippen LogP contribution in [0.15, 0.2) is 58.9 Å². The van der Waals surface area contributed by atoms with E-state index in [1.54, 1.807) is 4.90 Å². The molecule has 0 aliphatic carbocycles. The quantitative estimate of drug-likeness (QED) is 0.250. The summed E-state index contributed by atoms with van der Waals surface area (Å²) in [5.74, 6) is -2.24. The van der Waals surface area contributed by atoms with Gasteiger partial charge in [-0.2, -0.15) is 10.2 Å². The van der Waals surface area contributed by atoms with Crippen molar-refractivity contribution in [3.8, 4) is 23.0 Å². The van der Waals surface area contributed by atoms with E-state index < -0.39 is 38.9 Å². The standard InChI is InChI=1S/C29H26F2N8O4S/c1-4-23(40)38-13-12-37(15-17(38)8-10-32)27-18-14-20(31)25(24-19(30)6-5-7-21(24)33)35-28(18)39(29(41)36-27)26-16(2)34-11-9-22(26)44(3,42)43/h4-7,9,11,14,17H,1,8,12-13,15,33H2,2-3H3. The number of pyridine rings is 2. The van der Waals surface area contributed by atoms with Crippen molar-refractivity contribution in [2.75, 3.05) is 36.5 Å². The van der Waals surface area contributed by atoms with Gasteiger partial charge in [-0.25, -0.2) is 31.5 Å². The van der Waals surface area contributed by atoms with Gasteiger partial charge in [0.1, 0.15) is 17.3 Å². The number of aromatic nitrogens is 4. The molecule has 226 valence electrons. The Hall–Kier alpha value is -5.23. The maximum atomic E-state index is 15.9. The number of nitrogen functional groups attached to an aromatic ring is 1. The fourth-order valence-electron chi connectivity index (χ4n) is 5.36. The number of hydrogen-bond acceptors (Lipinski definition) is 10. The van der Waals surface area contributed by atoms with Crippen LogP contribution in [0.2, 0.25) is 0 Å². The van der Waals surface area contributed by atoms with E-state index in [2.05, 4.69) is 21.5 Å². The van der Waals surface area contributed by atoms with E-state index in [1.165, 1.54) is 36.2 Å². The molecule has 0 radical (unpaired) electrons. The number of fused-ring (bicyclic) bond motifs is 1. The van der Waals surface area contributed by atoms with Gasteiger partial charge in [0, 0.05) is 37.8 Å². The second kappa shape index (κ2) is 11.5. The highest BCUT2D eigenvalue weighted by Gasteiger charge is 2.33. The number of rotatable bonds is 6. The predicted octanol–water partition coefficient (Wildman–Crippen LogP) is 2.53. The fourth-order valence-corrected chi connectivity index (χ4v) is 6.25. The lowest BCUT2D eigenvalue weighted by atomic mass is 10.1. The van der Waals surface area contributed by atoms with Gasteiger partial charge in [0.2, 0.25) is 5.91 Å². The highest BCUT2D eigenvalue weighted by molar-refractivity contribution is 7.90. The first-order valence-corrected chi connectivity index (χ1v) is 15.1. The molecule has 1 saturated heterocycles. The average Bonchev–Trinajstić information content (AvgIpc) is 2.97. The van der Waals surface area contributed by atoms with Gasteiger partial charge in [-0.1, -0.05) is 12.6 Å². The van der Waals surface area contributed by atoms with Crippen molar-refractivity contribution in [1.29, 1.82) is 5.26 Å². The Morgan fingerprint density at radius 3 is 2.64 bits per heavy atom. The Balaban J connectivity index is 1.85. The summed E-state index contributed by atoms with van der Waals surface area (Å²) in [6.07, 6.45) is 3.32. The van der Waals surface area contributed by atoms with E-state index in [1.807, 2.05) is 6.07 Å². The van der Waals surface area contributed by atoms with E-state index >= 15 is 4.39 Å². The van der Waals surface area contributed by atoms with E-state index in [0.717, 1.165) is 29.0 Å². The molecule has 3 aromatic heterocycles. The van der Waals surface area contributed by atoms with Crippen LogP contribution >= 0.6 is 0 Å². The zero-order chi connectivity index (χ0) is 31.9.